The number of esters is 1. The van der Waals surface area contributed by atoms with Gasteiger partial charge in [-0.25, -0.2) is 9.18 Å². The van der Waals surface area contributed by atoms with Crippen molar-refractivity contribution in [1.82, 2.24) is 0 Å². The summed E-state index contributed by atoms with van der Waals surface area (Å²) in [5.74, 6) is -1.26. The molecule has 0 saturated carbocycles. The van der Waals surface area contributed by atoms with Gasteiger partial charge in [0.2, 0.25) is 5.75 Å². The zero-order valence-corrected chi connectivity index (χ0v) is 10.9. The van der Waals surface area contributed by atoms with Gasteiger partial charge in [0.05, 0.1) is 23.7 Å². The van der Waals surface area contributed by atoms with Crippen LogP contribution in [0.3, 0.4) is 0 Å². The van der Waals surface area contributed by atoms with Crippen molar-refractivity contribution in [3.05, 3.63) is 64.0 Å². The van der Waals surface area contributed by atoms with Crippen molar-refractivity contribution in [2.75, 3.05) is 7.11 Å². The number of nitro groups is 1. The van der Waals surface area contributed by atoms with E-state index in [4.69, 9.17) is 9.47 Å². The van der Waals surface area contributed by atoms with Crippen LogP contribution in [0, 0.1) is 15.9 Å². The van der Waals surface area contributed by atoms with E-state index in [1.54, 1.807) is 0 Å². The molecule has 0 aliphatic rings. The first-order chi connectivity index (χ1) is 10.0. The van der Waals surface area contributed by atoms with Crippen molar-refractivity contribution in [3.8, 4) is 11.5 Å². The Morgan fingerprint density at radius 3 is 2.43 bits per heavy atom. The smallest absolute Gasteiger partial charge is 0.343 e. The molecule has 0 heterocycles. The average Bonchev–Trinajstić information content (AvgIpc) is 2.48. The second-order valence-electron chi connectivity index (χ2n) is 3.99. The van der Waals surface area contributed by atoms with Crippen molar-refractivity contribution in [2.45, 2.75) is 0 Å². The Balaban J connectivity index is 2.28. The first-order valence-corrected chi connectivity index (χ1v) is 5.81. The lowest BCUT2D eigenvalue weighted by atomic mass is 10.2. The molecule has 0 fully saturated rings. The highest BCUT2D eigenvalue weighted by Gasteiger charge is 2.20. The van der Waals surface area contributed by atoms with Gasteiger partial charge in [-0.2, -0.15) is 0 Å². The van der Waals surface area contributed by atoms with E-state index < -0.39 is 22.4 Å². The molecule has 108 valence electrons. The van der Waals surface area contributed by atoms with Gasteiger partial charge < -0.3 is 9.47 Å². The van der Waals surface area contributed by atoms with Gasteiger partial charge in [0.1, 0.15) is 11.6 Å². The molecule has 2 aromatic rings. The summed E-state index contributed by atoms with van der Waals surface area (Å²) in [6, 6.07) is 8.49. The predicted molar refractivity (Wildman–Crippen MR) is 71.0 cm³/mol. The number of carbonyl (C=O) groups excluding carboxylic acids is 1. The zero-order valence-electron chi connectivity index (χ0n) is 10.9. The molecule has 2 rings (SSSR count). The summed E-state index contributed by atoms with van der Waals surface area (Å²) in [6.07, 6.45) is 0. The number of benzene rings is 2. The van der Waals surface area contributed by atoms with Gasteiger partial charge in [-0.3, -0.25) is 10.1 Å². The van der Waals surface area contributed by atoms with Gasteiger partial charge in [0.15, 0.2) is 0 Å². The molecule has 0 N–H and O–H groups in total. The summed E-state index contributed by atoms with van der Waals surface area (Å²) in [4.78, 5) is 22.1. The second-order valence-corrected chi connectivity index (χ2v) is 3.99. The zero-order chi connectivity index (χ0) is 15.4. The molecule has 0 saturated heterocycles. The van der Waals surface area contributed by atoms with Crippen LogP contribution in [0.25, 0.3) is 0 Å². The highest BCUT2D eigenvalue weighted by Crippen LogP contribution is 2.31. The topological polar surface area (TPSA) is 78.7 Å². The quantitative estimate of drug-likeness (QED) is 0.374. The van der Waals surface area contributed by atoms with E-state index in [9.17, 15) is 19.3 Å². The lowest BCUT2D eigenvalue weighted by molar-refractivity contribution is -0.385. The van der Waals surface area contributed by atoms with Crippen molar-refractivity contribution in [3.63, 3.8) is 0 Å². The van der Waals surface area contributed by atoms with Gasteiger partial charge in [-0.05, 0) is 36.4 Å². The number of hydrogen-bond acceptors (Lipinski definition) is 5. The van der Waals surface area contributed by atoms with Crippen LogP contribution in [-0.4, -0.2) is 18.0 Å². The Labute approximate surface area is 118 Å². The van der Waals surface area contributed by atoms with E-state index in [2.05, 4.69) is 0 Å². The maximum Gasteiger partial charge on any atom is 0.343 e. The largest absolute Gasteiger partial charge is 0.496 e. The molecule has 2 aromatic carbocycles. The normalized spacial score (nSPS) is 10.0. The molecule has 0 spiro atoms. The number of nitrogens with zero attached hydrogens (tertiary/aromatic N) is 1. The SMILES string of the molecule is COc1ccc(OC(=O)c2ccc(F)cc2)c([N+](=O)[O-])c1. The number of nitro benzene ring substituents is 1. The second kappa shape index (κ2) is 6.00. The summed E-state index contributed by atoms with van der Waals surface area (Å²) < 4.78 is 22.6. The van der Waals surface area contributed by atoms with Crippen LogP contribution < -0.4 is 9.47 Å². The lowest BCUT2D eigenvalue weighted by Gasteiger charge is -2.06. The number of methoxy groups -OCH3 is 1. The molecule has 0 aliphatic carbocycles. The fourth-order valence-electron chi connectivity index (χ4n) is 1.60. The number of hydrogen-bond donors (Lipinski definition) is 0. The van der Waals surface area contributed by atoms with Gasteiger partial charge in [0, 0.05) is 0 Å². The van der Waals surface area contributed by atoms with Gasteiger partial charge in [-0.1, -0.05) is 0 Å². The van der Waals surface area contributed by atoms with E-state index in [0.29, 0.717) is 0 Å². The Kier molecular flexibility index (Phi) is 4.13. The minimum absolute atomic E-state index is 0.0847. The number of ether oxygens (including phenoxy) is 2. The van der Waals surface area contributed by atoms with Gasteiger partial charge in [-0.15, -0.1) is 0 Å². The Morgan fingerprint density at radius 2 is 1.86 bits per heavy atom. The summed E-state index contributed by atoms with van der Waals surface area (Å²) >= 11 is 0. The third kappa shape index (κ3) is 3.33. The van der Waals surface area contributed by atoms with Crippen LogP contribution in [0.4, 0.5) is 10.1 Å². The third-order valence-electron chi connectivity index (χ3n) is 2.65. The van der Waals surface area contributed by atoms with E-state index >= 15 is 0 Å². The third-order valence-corrected chi connectivity index (χ3v) is 2.65. The summed E-state index contributed by atoms with van der Waals surface area (Å²) in [7, 11) is 1.36. The molecule has 21 heavy (non-hydrogen) atoms. The number of halogens is 1. The van der Waals surface area contributed by atoms with Crippen molar-refractivity contribution in [2.24, 2.45) is 0 Å². The van der Waals surface area contributed by atoms with Crippen molar-refractivity contribution < 1.29 is 23.6 Å². The highest BCUT2D eigenvalue weighted by atomic mass is 19.1. The fourth-order valence-corrected chi connectivity index (χ4v) is 1.60. The van der Waals surface area contributed by atoms with Crippen molar-refractivity contribution in [1.29, 1.82) is 0 Å². The van der Waals surface area contributed by atoms with Crippen LogP contribution >= 0.6 is 0 Å². The molecule has 0 bridgehead atoms. The number of carbonyl (C=O) groups is 1. The molecule has 0 atom stereocenters. The molecule has 0 unspecified atom stereocenters. The molecule has 6 nitrogen and oxygen atoms in total. The van der Waals surface area contributed by atoms with Gasteiger partial charge >= 0.3 is 11.7 Å². The Bertz CT molecular complexity index is 684. The summed E-state index contributed by atoms with van der Waals surface area (Å²) in [5, 5.41) is 11.0. The van der Waals surface area contributed by atoms with Crippen LogP contribution in [0.15, 0.2) is 42.5 Å². The van der Waals surface area contributed by atoms with Gasteiger partial charge in [0.25, 0.3) is 0 Å². The average molecular weight is 291 g/mol. The van der Waals surface area contributed by atoms with Crippen LogP contribution in [0.2, 0.25) is 0 Å². The molecule has 0 aromatic heterocycles. The van der Waals surface area contributed by atoms with Crippen LogP contribution in [0.5, 0.6) is 11.5 Å². The first-order valence-electron chi connectivity index (χ1n) is 5.81. The van der Waals surface area contributed by atoms with Crippen LogP contribution in [0.1, 0.15) is 10.4 Å². The maximum absolute atomic E-state index is 12.8. The Hall–Kier alpha value is -2.96. The van der Waals surface area contributed by atoms with Crippen molar-refractivity contribution >= 4 is 11.7 Å². The minimum Gasteiger partial charge on any atom is -0.496 e. The lowest BCUT2D eigenvalue weighted by Crippen LogP contribution is -2.09. The van der Waals surface area contributed by atoms with Crippen LogP contribution in [-0.2, 0) is 0 Å². The standard InChI is InChI=1S/C14H10FNO5/c1-20-11-6-7-13(12(8-11)16(18)19)21-14(17)9-2-4-10(15)5-3-9/h2-8H,1H3. The molecule has 0 aliphatic heterocycles. The van der Waals surface area contributed by atoms with E-state index in [0.717, 1.165) is 18.2 Å². The fraction of sp³-hybridized carbons (Fsp3) is 0.0714. The van der Waals surface area contributed by atoms with E-state index in [1.807, 2.05) is 0 Å². The highest BCUT2D eigenvalue weighted by molar-refractivity contribution is 5.91. The predicted octanol–water partition coefficient (Wildman–Crippen LogP) is 2.96. The van der Waals surface area contributed by atoms with E-state index in [-0.39, 0.29) is 17.1 Å². The summed E-state index contributed by atoms with van der Waals surface area (Å²) in [5.41, 5.74) is -0.314. The maximum atomic E-state index is 12.8. The monoisotopic (exact) mass is 291 g/mol. The molecular formula is C14H10FNO5. The molecule has 0 amide bonds. The minimum atomic E-state index is -0.816. The first kappa shape index (κ1) is 14.4. The summed E-state index contributed by atoms with van der Waals surface area (Å²) in [6.45, 7) is 0. The molecule has 0 radical (unpaired) electrons. The van der Waals surface area contributed by atoms with E-state index in [1.165, 1.54) is 31.4 Å². The molecular weight excluding hydrogens is 281 g/mol. The number of rotatable bonds is 4. The Morgan fingerprint density at radius 1 is 1.19 bits per heavy atom. The molecule has 7 heteroatoms.